The Kier molecular flexibility index (Phi) is 6.49. The highest BCUT2D eigenvalue weighted by atomic mass is 19.1. The highest BCUT2D eigenvalue weighted by Crippen LogP contribution is 2.33. The molecule has 0 unspecified atom stereocenters. The van der Waals surface area contributed by atoms with Crippen molar-refractivity contribution in [3.05, 3.63) is 65.0 Å². The maximum Gasteiger partial charge on any atom is 0.331 e. The van der Waals surface area contributed by atoms with Gasteiger partial charge in [0.2, 0.25) is 0 Å². The molecule has 1 heterocycles. The topological polar surface area (TPSA) is 65.1 Å². The second kappa shape index (κ2) is 9.23. The molecule has 0 aliphatic carbocycles. The number of benzene rings is 2. The fraction of sp³-hybridized carbons (Fsp3) is 0.273. The molecule has 29 heavy (non-hydrogen) atoms. The summed E-state index contributed by atoms with van der Waals surface area (Å²) in [6, 6.07) is 9.84. The lowest BCUT2D eigenvalue weighted by Gasteiger charge is -2.29. The second-order valence-corrected chi connectivity index (χ2v) is 6.50. The minimum absolute atomic E-state index is 0.271. The Hall–Kier alpha value is -3.35. The fourth-order valence-electron chi connectivity index (χ4n) is 3.14. The molecule has 0 fully saturated rings. The zero-order valence-corrected chi connectivity index (χ0v) is 16.3. The molecule has 152 valence electrons. The maximum absolute atomic E-state index is 13.5. The number of fused-ring (bicyclic) bond motifs is 1. The first kappa shape index (κ1) is 20.4. The molecular formula is C22H22FNO5. The number of rotatable bonds is 6. The summed E-state index contributed by atoms with van der Waals surface area (Å²) in [6.07, 6.45) is 3.09. The summed E-state index contributed by atoms with van der Waals surface area (Å²) < 4.78 is 29.2. The van der Waals surface area contributed by atoms with Gasteiger partial charge in [0.05, 0.1) is 14.2 Å². The highest BCUT2D eigenvalue weighted by molar-refractivity contribution is 5.89. The number of hydrogen-bond acceptors (Lipinski definition) is 5. The van der Waals surface area contributed by atoms with Gasteiger partial charge in [-0.2, -0.15) is 0 Å². The van der Waals surface area contributed by atoms with E-state index in [2.05, 4.69) is 0 Å². The molecule has 0 saturated carbocycles. The number of carbonyl (C=O) groups excluding carboxylic acids is 2. The van der Waals surface area contributed by atoms with Gasteiger partial charge in [-0.3, -0.25) is 4.79 Å². The lowest BCUT2D eigenvalue weighted by Crippen LogP contribution is -2.38. The van der Waals surface area contributed by atoms with Gasteiger partial charge in [-0.05, 0) is 41.8 Å². The van der Waals surface area contributed by atoms with Crippen molar-refractivity contribution in [1.82, 2.24) is 4.90 Å². The Balaban J connectivity index is 1.57. The maximum atomic E-state index is 13.5. The summed E-state index contributed by atoms with van der Waals surface area (Å²) in [7, 11) is 3.14. The van der Waals surface area contributed by atoms with E-state index in [0.717, 1.165) is 17.2 Å². The predicted molar refractivity (Wildman–Crippen MR) is 105 cm³/mol. The van der Waals surface area contributed by atoms with Crippen LogP contribution in [-0.2, 0) is 27.3 Å². The minimum Gasteiger partial charge on any atom is -0.493 e. The van der Waals surface area contributed by atoms with Crippen molar-refractivity contribution in [1.29, 1.82) is 0 Å². The number of carbonyl (C=O) groups is 2. The third-order valence-corrected chi connectivity index (χ3v) is 4.71. The number of halogens is 1. The number of hydrogen-bond donors (Lipinski definition) is 0. The largest absolute Gasteiger partial charge is 0.493 e. The van der Waals surface area contributed by atoms with Gasteiger partial charge < -0.3 is 19.1 Å². The van der Waals surface area contributed by atoms with Crippen molar-refractivity contribution in [2.75, 3.05) is 27.4 Å². The van der Waals surface area contributed by atoms with Gasteiger partial charge >= 0.3 is 5.97 Å². The van der Waals surface area contributed by atoms with E-state index in [1.54, 1.807) is 37.3 Å². The molecule has 2 aromatic carbocycles. The molecule has 0 bridgehead atoms. The normalized spacial score (nSPS) is 13.1. The Morgan fingerprint density at radius 3 is 2.48 bits per heavy atom. The smallest absolute Gasteiger partial charge is 0.331 e. The van der Waals surface area contributed by atoms with Crippen LogP contribution in [-0.4, -0.2) is 44.1 Å². The Morgan fingerprint density at radius 2 is 1.79 bits per heavy atom. The number of nitrogens with zero attached hydrogens (tertiary/aromatic N) is 1. The average molecular weight is 399 g/mol. The number of amides is 1. The summed E-state index contributed by atoms with van der Waals surface area (Å²) in [4.78, 5) is 25.9. The number of esters is 1. The number of ether oxygens (including phenoxy) is 3. The molecule has 0 atom stereocenters. The molecule has 1 aliphatic rings. The van der Waals surface area contributed by atoms with Crippen molar-refractivity contribution in [3.63, 3.8) is 0 Å². The summed E-state index contributed by atoms with van der Waals surface area (Å²) in [5, 5.41) is 0. The van der Waals surface area contributed by atoms with Crippen LogP contribution in [0.25, 0.3) is 6.08 Å². The number of methoxy groups -OCH3 is 2. The molecule has 0 aromatic heterocycles. The molecule has 6 nitrogen and oxygen atoms in total. The molecule has 0 N–H and O–H groups in total. The summed E-state index contributed by atoms with van der Waals surface area (Å²) in [5.41, 5.74) is 2.33. The van der Waals surface area contributed by atoms with E-state index in [0.29, 0.717) is 31.0 Å². The molecular weight excluding hydrogens is 377 g/mol. The lowest BCUT2D eigenvalue weighted by atomic mass is 9.99. The first-order chi connectivity index (χ1) is 14.0. The van der Waals surface area contributed by atoms with Crippen LogP contribution in [0.3, 0.4) is 0 Å². The summed E-state index contributed by atoms with van der Waals surface area (Å²) >= 11 is 0. The monoisotopic (exact) mass is 399 g/mol. The van der Waals surface area contributed by atoms with E-state index < -0.39 is 11.8 Å². The van der Waals surface area contributed by atoms with Crippen LogP contribution in [0.4, 0.5) is 4.39 Å². The quantitative estimate of drug-likeness (QED) is 0.552. The highest BCUT2D eigenvalue weighted by Gasteiger charge is 2.23. The van der Waals surface area contributed by atoms with Gasteiger partial charge in [0.15, 0.2) is 18.1 Å². The van der Waals surface area contributed by atoms with Gasteiger partial charge in [0.1, 0.15) is 5.82 Å². The van der Waals surface area contributed by atoms with Crippen molar-refractivity contribution < 1.29 is 28.2 Å². The molecule has 0 spiro atoms. The van der Waals surface area contributed by atoms with Crippen LogP contribution in [0.2, 0.25) is 0 Å². The second-order valence-electron chi connectivity index (χ2n) is 6.50. The van der Waals surface area contributed by atoms with E-state index in [1.807, 2.05) is 12.1 Å². The van der Waals surface area contributed by atoms with Crippen LogP contribution in [0.1, 0.15) is 16.7 Å². The van der Waals surface area contributed by atoms with Crippen LogP contribution in [0.5, 0.6) is 11.5 Å². The van der Waals surface area contributed by atoms with Gasteiger partial charge in [0, 0.05) is 24.7 Å². The molecule has 2 aromatic rings. The van der Waals surface area contributed by atoms with Crippen molar-refractivity contribution in [2.45, 2.75) is 13.0 Å². The van der Waals surface area contributed by atoms with Crippen LogP contribution in [0, 0.1) is 5.82 Å². The van der Waals surface area contributed by atoms with Crippen molar-refractivity contribution in [3.8, 4) is 11.5 Å². The molecule has 7 heteroatoms. The minimum atomic E-state index is -0.703. The summed E-state index contributed by atoms with van der Waals surface area (Å²) in [5.74, 6) is -0.179. The Morgan fingerprint density at radius 1 is 1.10 bits per heavy atom. The first-order valence-corrected chi connectivity index (χ1v) is 9.12. The third kappa shape index (κ3) is 4.93. The summed E-state index contributed by atoms with van der Waals surface area (Å²) in [6.45, 7) is 0.546. The van der Waals surface area contributed by atoms with Crippen molar-refractivity contribution >= 4 is 18.0 Å². The SMILES string of the molecule is COc1cc2c(cc1OC)CN(C(=O)COC(=O)/C=C/c1ccccc1F)CC2. The van der Waals surface area contributed by atoms with Gasteiger partial charge in [-0.25, -0.2) is 9.18 Å². The van der Waals surface area contributed by atoms with E-state index in [-0.39, 0.29) is 18.1 Å². The van der Waals surface area contributed by atoms with Gasteiger partial charge in [-0.1, -0.05) is 18.2 Å². The van der Waals surface area contributed by atoms with E-state index in [4.69, 9.17) is 14.2 Å². The predicted octanol–water partition coefficient (Wildman–Crippen LogP) is 2.98. The Labute approximate surface area is 168 Å². The molecule has 0 saturated heterocycles. The van der Waals surface area contributed by atoms with Crippen molar-refractivity contribution in [2.24, 2.45) is 0 Å². The van der Waals surface area contributed by atoms with Crippen LogP contribution in [0.15, 0.2) is 42.5 Å². The fourth-order valence-corrected chi connectivity index (χ4v) is 3.14. The van der Waals surface area contributed by atoms with E-state index >= 15 is 0 Å². The molecule has 0 radical (unpaired) electrons. The Bertz CT molecular complexity index is 941. The van der Waals surface area contributed by atoms with E-state index in [1.165, 1.54) is 12.1 Å². The van der Waals surface area contributed by atoms with E-state index in [9.17, 15) is 14.0 Å². The van der Waals surface area contributed by atoms with Crippen LogP contribution < -0.4 is 9.47 Å². The zero-order chi connectivity index (χ0) is 20.8. The van der Waals surface area contributed by atoms with Gasteiger partial charge in [0.25, 0.3) is 5.91 Å². The molecule has 3 rings (SSSR count). The zero-order valence-electron chi connectivity index (χ0n) is 16.3. The average Bonchev–Trinajstić information content (AvgIpc) is 2.75. The molecule has 1 amide bonds. The molecule has 1 aliphatic heterocycles. The third-order valence-electron chi connectivity index (χ3n) is 4.71. The first-order valence-electron chi connectivity index (χ1n) is 9.12. The van der Waals surface area contributed by atoms with Gasteiger partial charge in [-0.15, -0.1) is 0 Å². The lowest BCUT2D eigenvalue weighted by molar-refractivity contribution is -0.148. The van der Waals surface area contributed by atoms with Crippen LogP contribution >= 0.6 is 0 Å². The standard InChI is InChI=1S/C22H22FNO5/c1-27-19-11-16-9-10-24(13-17(16)12-20(19)28-2)21(25)14-29-22(26)8-7-15-5-3-4-6-18(15)23/h3-8,11-12H,9-10,13-14H2,1-2H3/b8-7+.